The minimum Gasteiger partial charge on any atom is -0.497 e. The largest absolute Gasteiger partial charge is 0.497 e. The zero-order chi connectivity index (χ0) is 30.2. The van der Waals surface area contributed by atoms with Crippen molar-refractivity contribution in [3.05, 3.63) is 103 Å². The lowest BCUT2D eigenvalue weighted by Gasteiger charge is -2.21. The molecular formula is C31H30N6O5S. The Morgan fingerprint density at radius 1 is 0.791 bits per heavy atom. The number of hydrogen-bond acceptors (Lipinski definition) is 9. The van der Waals surface area contributed by atoms with Crippen LogP contribution in [0.15, 0.2) is 97.1 Å². The fraction of sp³-hybridized carbons (Fsp3) is 0.129. The summed E-state index contributed by atoms with van der Waals surface area (Å²) in [6.07, 6.45) is 0. The van der Waals surface area contributed by atoms with Gasteiger partial charge in [0.05, 0.1) is 37.5 Å². The number of nitrogens with one attached hydrogen (secondary N) is 3. The van der Waals surface area contributed by atoms with E-state index in [-0.39, 0.29) is 29.8 Å². The van der Waals surface area contributed by atoms with Crippen LogP contribution in [0.25, 0.3) is 11.0 Å². The third kappa shape index (κ3) is 7.36. The Morgan fingerprint density at radius 2 is 1.47 bits per heavy atom. The number of carbonyl (C=O) groups excluding carboxylic acids is 1. The van der Waals surface area contributed by atoms with E-state index in [0.717, 1.165) is 9.87 Å². The number of para-hydroxylation sites is 2. The van der Waals surface area contributed by atoms with Crippen LogP contribution in [-0.2, 0) is 22.2 Å². The van der Waals surface area contributed by atoms with E-state index in [4.69, 9.17) is 14.5 Å². The molecule has 1 heterocycles. The monoisotopic (exact) mass is 598 g/mol. The molecule has 0 spiro atoms. The van der Waals surface area contributed by atoms with Gasteiger partial charge in [-0.1, -0.05) is 48.5 Å². The van der Waals surface area contributed by atoms with Crippen molar-refractivity contribution in [1.29, 1.82) is 0 Å². The smallest absolute Gasteiger partial charge is 0.238 e. The molecule has 5 rings (SSSR count). The molecule has 220 valence electrons. The number of carbonyl (C=O) groups is 1. The molecule has 0 aliphatic heterocycles. The molecule has 43 heavy (non-hydrogen) atoms. The van der Waals surface area contributed by atoms with Crippen LogP contribution >= 0.6 is 0 Å². The summed E-state index contributed by atoms with van der Waals surface area (Å²) in [7, 11) is -0.160. The SMILES string of the molecule is COc1cc(Nc2nc3ccccc3nc2N(c2cccc(NC(=O)CNCc3ccccc3)c2)[SH](=O)=O)cc(OC)c1. The van der Waals surface area contributed by atoms with E-state index in [0.29, 0.717) is 40.5 Å². The van der Waals surface area contributed by atoms with Gasteiger partial charge in [0.15, 0.2) is 11.6 Å². The molecule has 0 bridgehead atoms. The second-order valence-corrected chi connectivity index (χ2v) is 10.2. The number of thiol groups is 1. The van der Waals surface area contributed by atoms with Gasteiger partial charge in [0, 0.05) is 36.1 Å². The fourth-order valence-corrected chi connectivity index (χ4v) is 4.98. The summed E-state index contributed by atoms with van der Waals surface area (Å²) in [5.41, 5.74) is 3.36. The average molecular weight is 599 g/mol. The molecular weight excluding hydrogens is 568 g/mol. The summed E-state index contributed by atoms with van der Waals surface area (Å²) in [6, 6.07) is 28.6. The van der Waals surface area contributed by atoms with Crippen molar-refractivity contribution in [2.24, 2.45) is 0 Å². The van der Waals surface area contributed by atoms with Crippen molar-refractivity contribution in [2.45, 2.75) is 6.54 Å². The Balaban J connectivity index is 1.45. The second-order valence-electron chi connectivity index (χ2n) is 9.35. The van der Waals surface area contributed by atoms with Gasteiger partial charge in [-0.3, -0.25) is 4.79 Å². The number of benzene rings is 4. The summed E-state index contributed by atoms with van der Waals surface area (Å²) < 4.78 is 37.4. The van der Waals surface area contributed by atoms with Crippen LogP contribution in [0.3, 0.4) is 0 Å². The Labute approximate surface area is 250 Å². The van der Waals surface area contributed by atoms with Gasteiger partial charge in [-0.25, -0.2) is 22.7 Å². The van der Waals surface area contributed by atoms with Gasteiger partial charge < -0.3 is 25.4 Å². The average Bonchev–Trinajstić information content (AvgIpc) is 3.01. The summed E-state index contributed by atoms with van der Waals surface area (Å²) in [4.78, 5) is 22.0. The number of ether oxygens (including phenoxy) is 2. The second kappa shape index (κ2) is 13.6. The molecule has 0 radical (unpaired) electrons. The maximum atomic E-state index is 12.8. The lowest BCUT2D eigenvalue weighted by molar-refractivity contribution is -0.115. The Kier molecular flexibility index (Phi) is 9.29. The molecule has 11 nitrogen and oxygen atoms in total. The van der Waals surface area contributed by atoms with Crippen molar-refractivity contribution in [3.8, 4) is 11.5 Å². The zero-order valence-corrected chi connectivity index (χ0v) is 24.4. The summed E-state index contributed by atoms with van der Waals surface area (Å²) in [5, 5.41) is 9.10. The molecule has 1 aromatic heterocycles. The van der Waals surface area contributed by atoms with Crippen LogP contribution in [0.4, 0.5) is 28.7 Å². The van der Waals surface area contributed by atoms with Crippen LogP contribution in [0.1, 0.15) is 5.56 Å². The molecule has 0 saturated carbocycles. The van der Waals surface area contributed by atoms with E-state index in [1.165, 1.54) is 14.2 Å². The first-order valence-electron chi connectivity index (χ1n) is 13.3. The summed E-state index contributed by atoms with van der Waals surface area (Å²) in [5.74, 6) is 1.03. The van der Waals surface area contributed by atoms with Crippen molar-refractivity contribution >= 4 is 56.5 Å². The third-order valence-corrected chi connectivity index (χ3v) is 7.11. The predicted octanol–water partition coefficient (Wildman–Crippen LogP) is 4.78. The summed E-state index contributed by atoms with van der Waals surface area (Å²) >= 11 is 0. The molecule has 0 atom stereocenters. The highest BCUT2D eigenvalue weighted by atomic mass is 32.2. The molecule has 3 N–H and O–H groups in total. The lowest BCUT2D eigenvalue weighted by atomic mass is 10.2. The van der Waals surface area contributed by atoms with Crippen LogP contribution in [0.2, 0.25) is 0 Å². The lowest BCUT2D eigenvalue weighted by Crippen LogP contribution is -2.27. The van der Waals surface area contributed by atoms with Crippen molar-refractivity contribution in [1.82, 2.24) is 15.3 Å². The standard InChI is InChI=1S/C31H30N6O5S/c1-41-25-16-23(17-26(18-25)42-2)34-30-31(36-28-14-7-6-13-27(28)35-30)37(43(39)40)24-12-8-11-22(15-24)33-29(38)20-32-19-21-9-4-3-5-10-21/h3-18,32,43H,19-20H2,1-2H3,(H,33,38)(H,34,35). The normalized spacial score (nSPS) is 10.9. The summed E-state index contributed by atoms with van der Waals surface area (Å²) in [6.45, 7) is 0.612. The number of methoxy groups -OCH3 is 2. The van der Waals surface area contributed by atoms with Crippen LogP contribution in [0, 0.1) is 0 Å². The maximum absolute atomic E-state index is 12.8. The van der Waals surface area contributed by atoms with Gasteiger partial charge in [0.1, 0.15) is 11.5 Å². The molecule has 5 aromatic rings. The van der Waals surface area contributed by atoms with E-state index < -0.39 is 10.9 Å². The number of anilines is 5. The molecule has 4 aromatic carbocycles. The number of aromatic nitrogens is 2. The molecule has 0 aliphatic carbocycles. The van der Waals surface area contributed by atoms with Gasteiger partial charge in [0.2, 0.25) is 16.8 Å². The minimum absolute atomic E-state index is 0.0459. The number of fused-ring (bicyclic) bond motifs is 1. The van der Waals surface area contributed by atoms with E-state index in [1.807, 2.05) is 36.4 Å². The van der Waals surface area contributed by atoms with E-state index in [9.17, 15) is 13.2 Å². The minimum atomic E-state index is -3.23. The van der Waals surface area contributed by atoms with Gasteiger partial charge in [-0.2, -0.15) is 0 Å². The van der Waals surface area contributed by atoms with Crippen LogP contribution < -0.4 is 29.7 Å². The van der Waals surface area contributed by atoms with Gasteiger partial charge in [0.25, 0.3) is 0 Å². The zero-order valence-electron chi connectivity index (χ0n) is 23.5. The van der Waals surface area contributed by atoms with E-state index in [2.05, 4.69) is 20.9 Å². The van der Waals surface area contributed by atoms with Gasteiger partial charge in [-0.15, -0.1) is 0 Å². The molecule has 0 unspecified atom stereocenters. The molecule has 0 fully saturated rings. The molecule has 12 heteroatoms. The van der Waals surface area contributed by atoms with Gasteiger partial charge >= 0.3 is 0 Å². The van der Waals surface area contributed by atoms with E-state index >= 15 is 0 Å². The molecule has 1 amide bonds. The first-order valence-corrected chi connectivity index (χ1v) is 14.4. The molecule has 0 saturated heterocycles. The highest BCUT2D eigenvalue weighted by molar-refractivity contribution is 7.74. The van der Waals surface area contributed by atoms with Crippen LogP contribution in [-0.4, -0.2) is 45.1 Å². The van der Waals surface area contributed by atoms with Crippen molar-refractivity contribution in [3.63, 3.8) is 0 Å². The third-order valence-electron chi connectivity index (χ3n) is 6.36. The predicted molar refractivity (Wildman–Crippen MR) is 168 cm³/mol. The van der Waals surface area contributed by atoms with Gasteiger partial charge in [-0.05, 0) is 35.9 Å². The van der Waals surface area contributed by atoms with Crippen molar-refractivity contribution < 1.29 is 22.7 Å². The van der Waals surface area contributed by atoms with Crippen molar-refractivity contribution in [2.75, 3.05) is 35.7 Å². The fourth-order valence-electron chi connectivity index (χ4n) is 4.37. The van der Waals surface area contributed by atoms with Crippen LogP contribution in [0.5, 0.6) is 11.5 Å². The molecule has 0 aliphatic rings. The maximum Gasteiger partial charge on any atom is 0.238 e. The highest BCUT2D eigenvalue weighted by Gasteiger charge is 2.21. The quantitative estimate of drug-likeness (QED) is 0.150. The van der Waals surface area contributed by atoms with E-state index in [1.54, 1.807) is 60.7 Å². The Hall–Kier alpha value is -5.20. The Morgan fingerprint density at radius 3 is 2.14 bits per heavy atom. The highest BCUT2D eigenvalue weighted by Crippen LogP contribution is 2.35. The number of nitrogens with zero attached hydrogens (tertiary/aromatic N) is 3. The topological polar surface area (TPSA) is 135 Å². The first-order chi connectivity index (χ1) is 20.9. The first kappa shape index (κ1) is 29.3. The number of amides is 1. The number of rotatable bonds is 12. The Bertz CT molecular complexity index is 1790. The number of hydrogen-bond donors (Lipinski definition) is 4.